The van der Waals surface area contributed by atoms with Crippen LogP contribution in [-0.4, -0.2) is 94.6 Å². The normalized spacial score (nSPS) is 13.4. The van der Waals surface area contributed by atoms with Crippen molar-refractivity contribution in [3.63, 3.8) is 0 Å². The van der Waals surface area contributed by atoms with E-state index >= 15 is 0 Å². The van der Waals surface area contributed by atoms with Gasteiger partial charge in [-0.2, -0.15) is 0 Å². The summed E-state index contributed by atoms with van der Waals surface area (Å²) < 4.78 is 41.8. The molecule has 0 aliphatic rings. The van der Waals surface area contributed by atoms with Crippen LogP contribution in [0, 0.1) is 0 Å². The third-order valence-electron chi connectivity index (χ3n) is 2.69. The van der Waals surface area contributed by atoms with E-state index in [1.54, 1.807) is 7.05 Å². The van der Waals surface area contributed by atoms with Gasteiger partial charge in [-0.15, -0.1) is 0 Å². The Bertz CT molecular complexity index is 520. The van der Waals surface area contributed by atoms with Gasteiger partial charge < -0.3 is 0 Å². The number of hydrogen-bond acceptors (Lipinski definition) is 6. The van der Waals surface area contributed by atoms with Crippen LogP contribution in [0.4, 0.5) is 13.2 Å². The van der Waals surface area contributed by atoms with Crippen LogP contribution < -0.4 is 27.0 Å². The van der Waals surface area contributed by atoms with E-state index in [4.69, 9.17) is 0 Å². The molecule has 0 aliphatic heterocycles. The number of primary amides is 1. The van der Waals surface area contributed by atoms with Crippen molar-refractivity contribution in [2.45, 2.75) is 22.3 Å². The minimum absolute atomic E-state index is 0.0173. The molecule has 26 heavy (non-hydrogen) atoms. The maximum atomic E-state index is 12.4. The van der Waals surface area contributed by atoms with Crippen LogP contribution in [0.25, 0.3) is 0 Å². The molecule has 0 spiro atoms. The molecule has 14 heteroatoms. The Morgan fingerprint density at radius 1 is 1.12 bits per heavy atom. The van der Waals surface area contributed by atoms with Gasteiger partial charge in [0.15, 0.2) is 0 Å². The van der Waals surface area contributed by atoms with E-state index in [0.717, 1.165) is 0 Å². The molecule has 0 fully saturated rings. The first-order valence-electron chi connectivity index (χ1n) is 7.13. The van der Waals surface area contributed by atoms with Gasteiger partial charge in [-0.05, 0) is 0 Å². The molecule has 4 amide bonds. The summed E-state index contributed by atoms with van der Waals surface area (Å²) in [5.74, 6) is -3.60. The van der Waals surface area contributed by atoms with Gasteiger partial charge >= 0.3 is 163 Å². The molecular formula is C12H19F3N5O5Pb. The van der Waals surface area contributed by atoms with Crippen molar-refractivity contribution in [2.24, 2.45) is 5.73 Å². The van der Waals surface area contributed by atoms with Crippen molar-refractivity contribution >= 4 is 49.4 Å². The van der Waals surface area contributed by atoms with E-state index in [1.807, 2.05) is 5.32 Å². The summed E-state index contributed by atoms with van der Waals surface area (Å²) in [6.45, 7) is -1.45. The van der Waals surface area contributed by atoms with E-state index in [2.05, 4.69) is 26.4 Å². The Hall–Kier alpha value is -1.49. The van der Waals surface area contributed by atoms with Crippen LogP contribution in [0.2, 0.25) is 3.98 Å². The first kappa shape index (κ1) is 24.5. The molecule has 6 N–H and O–H groups in total. The Labute approximate surface area is 162 Å². The second-order valence-electron chi connectivity index (χ2n) is 4.81. The van der Waals surface area contributed by atoms with E-state index in [-0.39, 0.29) is 6.54 Å². The first-order valence-corrected chi connectivity index (χ1v) is 9.88. The standard InChI is InChI=1S/C12H19F3N5O5.Pb/c1-6(20-8(22)3-17-2)11(24)18-4-7(21)19-5-25-9(10(16)23)12(13,14)15;/h6,9,17H,1,3-5H2,2H3,(H2,16,23)(H,18,24)(H,19,21)(H,20,22);. The summed E-state index contributed by atoms with van der Waals surface area (Å²) in [5, 5.41) is 9.26. The van der Waals surface area contributed by atoms with Crippen molar-refractivity contribution in [1.82, 2.24) is 21.3 Å². The van der Waals surface area contributed by atoms with Gasteiger partial charge in [0, 0.05) is 0 Å². The zero-order chi connectivity index (χ0) is 20.3. The molecule has 2 atom stereocenters. The molecule has 10 nitrogen and oxygen atoms in total. The van der Waals surface area contributed by atoms with Crippen LogP contribution in [-0.2, 0) is 23.9 Å². The number of carbonyl (C=O) groups excluding carboxylic acids is 4. The van der Waals surface area contributed by atoms with Gasteiger partial charge in [-0.25, -0.2) is 0 Å². The van der Waals surface area contributed by atoms with Crippen molar-refractivity contribution in [3.8, 4) is 0 Å². The van der Waals surface area contributed by atoms with E-state index < -0.39 is 55.2 Å². The number of nitrogens with two attached hydrogens (primary N) is 1. The van der Waals surface area contributed by atoms with E-state index in [1.165, 1.54) is 0 Å². The van der Waals surface area contributed by atoms with Crippen LogP contribution in [0.15, 0.2) is 0 Å². The third-order valence-corrected chi connectivity index (χ3v) is 4.28. The van der Waals surface area contributed by atoms with Gasteiger partial charge in [0.05, 0.1) is 0 Å². The third kappa shape index (κ3) is 9.86. The Morgan fingerprint density at radius 3 is 2.19 bits per heavy atom. The second-order valence-corrected chi connectivity index (χ2v) is 6.39. The number of nitrogens with one attached hydrogen (secondary N) is 4. The number of halogens is 3. The van der Waals surface area contributed by atoms with Crippen molar-refractivity contribution in [1.29, 1.82) is 0 Å². The summed E-state index contributed by atoms with van der Waals surface area (Å²) in [6, 6.07) is -0.809. The van der Waals surface area contributed by atoms with Gasteiger partial charge in [-0.3, -0.25) is 0 Å². The number of alkyl halides is 3. The van der Waals surface area contributed by atoms with E-state index in [9.17, 15) is 32.3 Å². The Kier molecular flexibility index (Phi) is 11.3. The van der Waals surface area contributed by atoms with Gasteiger partial charge in [0.25, 0.3) is 0 Å². The number of ether oxygens (including phenoxy) is 1. The molecule has 0 aromatic heterocycles. The topological polar surface area (TPSA) is 152 Å². The number of amides is 4. The quantitative estimate of drug-likeness (QED) is 0.130. The molecule has 147 valence electrons. The summed E-state index contributed by atoms with van der Waals surface area (Å²) in [4.78, 5) is 45.5. The zero-order valence-electron chi connectivity index (χ0n) is 13.7. The van der Waals surface area contributed by atoms with Crippen molar-refractivity contribution in [2.75, 3.05) is 26.9 Å². The molecule has 3 radical (unpaired) electrons. The molecule has 0 aliphatic carbocycles. The molecule has 0 aromatic rings. The summed E-state index contributed by atoms with van der Waals surface area (Å²) in [5.41, 5.74) is 4.56. The molecule has 0 aromatic carbocycles. The fourth-order valence-electron chi connectivity index (χ4n) is 1.51. The fraction of sp³-hybridized carbons (Fsp3) is 0.667. The zero-order valence-corrected chi connectivity index (χ0v) is 17.6. The van der Waals surface area contributed by atoms with Crippen LogP contribution in [0.3, 0.4) is 0 Å². The molecule has 0 bridgehead atoms. The van der Waals surface area contributed by atoms with Crippen molar-refractivity contribution < 1.29 is 37.1 Å². The molecule has 0 heterocycles. The molecule has 0 saturated heterocycles. The summed E-state index contributed by atoms with van der Waals surface area (Å²) in [7, 11) is 1.56. The number of hydrogen-bond donors (Lipinski definition) is 5. The number of carbonyl (C=O) groups is 4. The predicted molar refractivity (Wildman–Crippen MR) is 82.6 cm³/mol. The fourth-order valence-corrected chi connectivity index (χ4v) is 2.63. The second kappa shape index (κ2) is 12.0. The number of likely N-dealkylation sites (N-methyl/N-ethyl adjacent to an activating group) is 1. The summed E-state index contributed by atoms with van der Waals surface area (Å²) in [6.07, 6.45) is -7.86. The number of rotatable bonds is 11. The van der Waals surface area contributed by atoms with Crippen LogP contribution >= 0.6 is 0 Å². The van der Waals surface area contributed by atoms with Gasteiger partial charge in [0.1, 0.15) is 0 Å². The maximum absolute atomic E-state index is 12.4. The van der Waals surface area contributed by atoms with Gasteiger partial charge in [0.2, 0.25) is 0 Å². The molecule has 0 saturated carbocycles. The van der Waals surface area contributed by atoms with Crippen LogP contribution in [0.5, 0.6) is 0 Å². The summed E-state index contributed by atoms with van der Waals surface area (Å²) >= 11 is 0.609. The monoisotopic (exact) mass is 578 g/mol. The van der Waals surface area contributed by atoms with Gasteiger partial charge in [-0.1, -0.05) is 0 Å². The Balaban J connectivity index is 4.30. The molecule has 0 rings (SSSR count). The first-order chi connectivity index (χ1) is 12.0. The molecule has 2 unspecified atom stereocenters. The predicted octanol–water partition coefficient (Wildman–Crippen LogP) is -3.10. The average Bonchev–Trinajstić information content (AvgIpc) is 2.52. The molecular weight excluding hydrogens is 558 g/mol. The Morgan fingerprint density at radius 2 is 1.73 bits per heavy atom. The minimum atomic E-state index is -5.01. The average molecular weight is 578 g/mol. The van der Waals surface area contributed by atoms with E-state index in [0.29, 0.717) is 29.7 Å². The SMILES string of the molecule is CNCC(=O)NC([CH2][Pb])C(=O)NCC(=O)NCOC(C(N)=O)C(F)(F)F. The van der Waals surface area contributed by atoms with Crippen molar-refractivity contribution in [3.05, 3.63) is 0 Å². The van der Waals surface area contributed by atoms with Crippen LogP contribution in [0.1, 0.15) is 0 Å².